The van der Waals surface area contributed by atoms with E-state index in [-0.39, 0.29) is 23.8 Å². The molecule has 49 heavy (non-hydrogen) atoms. The summed E-state index contributed by atoms with van der Waals surface area (Å²) in [6, 6.07) is 18.8. The minimum Gasteiger partial charge on any atom is -0.490 e. The van der Waals surface area contributed by atoms with Gasteiger partial charge >= 0.3 is 0 Å². The standard InChI is InChI=1S/C36H46N2O10S/c1-2-3-4-5-6-7-8-13-23-36(48-26-35(39)37-49(42,43)30-21-19-29(20-22-30)38(40)41)27-46-33-17-11-9-15-31(33)44-24-14-25-45-32-16-10-12-18-34(32)47-28-36/h9-12,15-22H,2-8,13-14,23-28H2,1H3,(H,37,39). The average Bonchev–Trinajstić information content (AvgIpc) is 3.10. The van der Waals surface area contributed by atoms with Gasteiger partial charge in [-0.05, 0) is 42.8 Å². The number of rotatable bonds is 15. The molecule has 0 saturated carbocycles. The summed E-state index contributed by atoms with van der Waals surface area (Å²) >= 11 is 0. The van der Waals surface area contributed by atoms with Crippen molar-refractivity contribution < 1.29 is 41.8 Å². The first-order valence-electron chi connectivity index (χ1n) is 16.8. The van der Waals surface area contributed by atoms with Crippen molar-refractivity contribution in [1.82, 2.24) is 4.72 Å². The smallest absolute Gasteiger partial charge is 0.269 e. The predicted molar refractivity (Wildman–Crippen MR) is 184 cm³/mol. The Labute approximate surface area is 288 Å². The molecule has 1 aliphatic rings. The lowest BCUT2D eigenvalue weighted by Gasteiger charge is -2.34. The molecular formula is C36H46N2O10S. The number of para-hydroxylation sites is 4. The Morgan fingerprint density at radius 2 is 1.27 bits per heavy atom. The number of carbonyl (C=O) groups excluding carboxylic acids is 1. The minimum atomic E-state index is -4.33. The van der Waals surface area contributed by atoms with Crippen molar-refractivity contribution >= 4 is 21.6 Å². The fraction of sp³-hybridized carbons (Fsp3) is 0.472. The van der Waals surface area contributed by atoms with Crippen LogP contribution in [0.15, 0.2) is 77.7 Å². The summed E-state index contributed by atoms with van der Waals surface area (Å²) in [4.78, 5) is 23.2. The number of nitrogens with zero attached hydrogens (tertiary/aromatic N) is 1. The lowest BCUT2D eigenvalue weighted by molar-refractivity contribution is -0.384. The summed E-state index contributed by atoms with van der Waals surface area (Å²) in [5.41, 5.74) is -1.45. The van der Waals surface area contributed by atoms with Crippen LogP contribution < -0.4 is 23.7 Å². The molecule has 266 valence electrons. The van der Waals surface area contributed by atoms with Crippen molar-refractivity contribution in [3.05, 3.63) is 82.9 Å². The van der Waals surface area contributed by atoms with Gasteiger partial charge in [-0.1, -0.05) is 82.6 Å². The van der Waals surface area contributed by atoms with Gasteiger partial charge in [-0.15, -0.1) is 0 Å². The van der Waals surface area contributed by atoms with Gasteiger partial charge in [0.25, 0.3) is 21.6 Å². The van der Waals surface area contributed by atoms with Crippen molar-refractivity contribution in [2.45, 2.75) is 81.6 Å². The third-order valence-electron chi connectivity index (χ3n) is 8.09. The van der Waals surface area contributed by atoms with E-state index in [1.165, 1.54) is 25.7 Å². The lowest BCUT2D eigenvalue weighted by atomic mass is 9.96. The Morgan fingerprint density at radius 1 is 0.776 bits per heavy atom. The Morgan fingerprint density at radius 3 is 1.78 bits per heavy atom. The van der Waals surface area contributed by atoms with Crippen LogP contribution in [-0.4, -0.2) is 57.9 Å². The largest absolute Gasteiger partial charge is 0.490 e. The van der Waals surface area contributed by atoms with Crippen molar-refractivity contribution in [1.29, 1.82) is 0 Å². The quantitative estimate of drug-likeness (QED) is 0.0997. The summed E-state index contributed by atoms with van der Waals surface area (Å²) in [6.45, 7) is 2.33. The molecule has 4 rings (SSSR count). The Kier molecular flexibility index (Phi) is 14.5. The molecule has 3 aromatic carbocycles. The zero-order valence-electron chi connectivity index (χ0n) is 28.0. The molecule has 1 N–H and O–H groups in total. The van der Waals surface area contributed by atoms with Crippen LogP contribution in [0.5, 0.6) is 23.0 Å². The zero-order valence-corrected chi connectivity index (χ0v) is 28.8. The van der Waals surface area contributed by atoms with Gasteiger partial charge in [0.15, 0.2) is 23.0 Å². The van der Waals surface area contributed by atoms with Crippen LogP contribution >= 0.6 is 0 Å². The van der Waals surface area contributed by atoms with Crippen molar-refractivity contribution in [3.8, 4) is 23.0 Å². The highest BCUT2D eigenvalue weighted by Gasteiger charge is 2.35. The van der Waals surface area contributed by atoms with Crippen LogP contribution in [-0.2, 0) is 19.6 Å². The molecule has 0 spiro atoms. The Hall–Kier alpha value is -4.36. The van der Waals surface area contributed by atoms with E-state index in [2.05, 4.69) is 6.92 Å². The van der Waals surface area contributed by atoms with E-state index in [1.807, 2.05) is 41.1 Å². The van der Waals surface area contributed by atoms with Crippen LogP contribution in [0.3, 0.4) is 0 Å². The molecule has 1 amide bonds. The summed E-state index contributed by atoms with van der Waals surface area (Å²) < 4.78 is 58.9. The number of unbranched alkanes of at least 4 members (excludes halogenated alkanes) is 7. The van der Waals surface area contributed by atoms with Gasteiger partial charge in [-0.25, -0.2) is 13.1 Å². The van der Waals surface area contributed by atoms with E-state index in [4.69, 9.17) is 23.7 Å². The molecule has 0 bridgehead atoms. The van der Waals surface area contributed by atoms with Gasteiger partial charge in [-0.2, -0.15) is 0 Å². The van der Waals surface area contributed by atoms with Gasteiger partial charge in [-0.3, -0.25) is 14.9 Å². The van der Waals surface area contributed by atoms with Crippen molar-refractivity contribution in [3.63, 3.8) is 0 Å². The maximum absolute atomic E-state index is 13.1. The summed E-state index contributed by atoms with van der Waals surface area (Å²) in [6.07, 6.45) is 9.74. The second-order valence-electron chi connectivity index (χ2n) is 12.0. The number of carbonyl (C=O) groups is 1. The highest BCUT2D eigenvalue weighted by atomic mass is 32.2. The molecule has 0 aliphatic carbocycles. The van der Waals surface area contributed by atoms with E-state index in [0.29, 0.717) is 49.1 Å². The lowest BCUT2D eigenvalue weighted by Crippen LogP contribution is -2.47. The SMILES string of the molecule is CCCCCCCCCCC1(OCC(=O)NS(=O)(=O)c2ccc([N+](=O)[O-])cc2)COc2ccccc2OCCCOc2ccccc2OC1. The molecule has 3 aromatic rings. The van der Waals surface area contributed by atoms with E-state index in [0.717, 1.165) is 49.9 Å². The van der Waals surface area contributed by atoms with E-state index in [1.54, 1.807) is 12.1 Å². The van der Waals surface area contributed by atoms with E-state index >= 15 is 0 Å². The molecule has 12 nitrogen and oxygen atoms in total. The van der Waals surface area contributed by atoms with Crippen molar-refractivity contribution in [2.24, 2.45) is 0 Å². The number of amides is 1. The van der Waals surface area contributed by atoms with Gasteiger partial charge in [0.2, 0.25) is 0 Å². The van der Waals surface area contributed by atoms with Crippen LogP contribution in [0, 0.1) is 10.1 Å². The van der Waals surface area contributed by atoms with Crippen molar-refractivity contribution in [2.75, 3.05) is 33.0 Å². The molecule has 1 heterocycles. The molecule has 0 fully saturated rings. The van der Waals surface area contributed by atoms with Gasteiger partial charge < -0.3 is 23.7 Å². The third kappa shape index (κ3) is 11.9. The second-order valence-corrected chi connectivity index (χ2v) is 13.7. The molecule has 0 radical (unpaired) electrons. The Balaban J connectivity index is 1.55. The average molecular weight is 699 g/mol. The summed E-state index contributed by atoms with van der Waals surface area (Å²) in [5.74, 6) is 1.17. The highest BCUT2D eigenvalue weighted by molar-refractivity contribution is 7.90. The summed E-state index contributed by atoms with van der Waals surface area (Å²) in [7, 11) is -4.33. The molecule has 0 aromatic heterocycles. The van der Waals surface area contributed by atoms with Crippen LogP contribution in [0.2, 0.25) is 0 Å². The second kappa shape index (κ2) is 19.0. The third-order valence-corrected chi connectivity index (χ3v) is 9.47. The normalized spacial score (nSPS) is 14.7. The maximum atomic E-state index is 13.1. The number of nitro groups is 1. The topological polar surface area (TPSA) is 153 Å². The molecule has 0 unspecified atom stereocenters. The number of fused-ring (bicyclic) bond motifs is 2. The molecule has 13 heteroatoms. The number of hydrogen-bond donors (Lipinski definition) is 1. The predicted octanol–water partition coefficient (Wildman–Crippen LogP) is 7.01. The first-order valence-corrected chi connectivity index (χ1v) is 18.3. The maximum Gasteiger partial charge on any atom is 0.269 e. The van der Waals surface area contributed by atoms with Crippen LogP contribution in [0.25, 0.3) is 0 Å². The first-order chi connectivity index (χ1) is 23.7. The monoisotopic (exact) mass is 698 g/mol. The van der Waals surface area contributed by atoms with Gasteiger partial charge in [0.1, 0.15) is 25.4 Å². The first kappa shape index (κ1) is 37.5. The van der Waals surface area contributed by atoms with E-state index < -0.39 is 33.1 Å². The number of sulfonamides is 1. The minimum absolute atomic E-state index is 0.0186. The fourth-order valence-electron chi connectivity index (χ4n) is 5.35. The molecule has 0 saturated heterocycles. The zero-order chi connectivity index (χ0) is 35.0. The Bertz CT molecular complexity index is 1540. The molecular weight excluding hydrogens is 652 g/mol. The summed E-state index contributed by atoms with van der Waals surface area (Å²) in [5, 5.41) is 11.0. The molecule has 0 atom stereocenters. The number of non-ortho nitro benzene ring substituents is 1. The van der Waals surface area contributed by atoms with Gasteiger partial charge in [0, 0.05) is 18.6 Å². The van der Waals surface area contributed by atoms with Crippen LogP contribution in [0.1, 0.15) is 71.1 Å². The number of hydrogen-bond acceptors (Lipinski definition) is 10. The number of ether oxygens (including phenoxy) is 5. The molecule has 1 aliphatic heterocycles. The highest BCUT2D eigenvalue weighted by Crippen LogP contribution is 2.33. The van der Waals surface area contributed by atoms with Crippen LogP contribution in [0.4, 0.5) is 5.69 Å². The number of nitrogens with one attached hydrogen (secondary N) is 1. The fourth-order valence-corrected chi connectivity index (χ4v) is 6.32. The van der Waals surface area contributed by atoms with Gasteiger partial charge in [0.05, 0.1) is 23.0 Å². The number of nitro benzene ring substituents is 1. The van der Waals surface area contributed by atoms with E-state index in [9.17, 15) is 23.3 Å². The number of benzene rings is 3.